The average molecular weight is 369 g/mol. The van der Waals surface area contributed by atoms with E-state index < -0.39 is 31.0 Å². The fourth-order valence-electron chi connectivity index (χ4n) is 6.37. The molecule has 1 atom stereocenters. The second-order valence-electron chi connectivity index (χ2n) is 9.13. The number of nitrogens with two attached hydrogens (primary N) is 1. The van der Waals surface area contributed by atoms with Crippen LogP contribution in [0.25, 0.3) is 0 Å². The smallest absolute Gasteiger partial charge is 0.277 e. The maximum Gasteiger partial charge on any atom is 0.277 e. The Labute approximate surface area is 153 Å². The number of nitrogens with one attached hydrogen (secondary N) is 1. The molecule has 0 aromatic heterocycles. The van der Waals surface area contributed by atoms with Crippen LogP contribution in [0.1, 0.15) is 51.4 Å². The van der Waals surface area contributed by atoms with Gasteiger partial charge in [0, 0.05) is 6.54 Å². The number of likely N-dealkylation sites (tertiary alicyclic amines) is 1. The van der Waals surface area contributed by atoms with Crippen molar-refractivity contribution in [3.8, 4) is 0 Å². The molecule has 1 saturated heterocycles. The van der Waals surface area contributed by atoms with Crippen LogP contribution in [-0.4, -0.2) is 48.3 Å². The molecule has 3 N–H and O–H groups in total. The summed E-state index contributed by atoms with van der Waals surface area (Å²) in [6.45, 7) is -1.00. The second-order valence-corrected chi connectivity index (χ2v) is 9.13. The van der Waals surface area contributed by atoms with Gasteiger partial charge < -0.3 is 16.0 Å². The Balaban J connectivity index is 1.45. The maximum atomic E-state index is 13.4. The molecular weight excluding hydrogens is 340 g/mol. The minimum Gasteiger partial charge on any atom is -0.348 e. The van der Waals surface area contributed by atoms with Crippen LogP contribution in [0.4, 0.5) is 8.78 Å². The van der Waals surface area contributed by atoms with Crippen LogP contribution in [-0.2, 0) is 9.59 Å². The van der Waals surface area contributed by atoms with Crippen molar-refractivity contribution < 1.29 is 18.4 Å². The Morgan fingerprint density at radius 3 is 2.23 bits per heavy atom. The van der Waals surface area contributed by atoms with Gasteiger partial charge in [-0.2, -0.15) is 0 Å². The lowest BCUT2D eigenvalue weighted by atomic mass is 9.49. The molecule has 7 heteroatoms. The van der Waals surface area contributed by atoms with Gasteiger partial charge in [0.1, 0.15) is 6.04 Å². The highest BCUT2D eigenvalue weighted by Crippen LogP contribution is 2.60. The normalized spacial score (nSPS) is 38.7. The zero-order valence-corrected chi connectivity index (χ0v) is 15.2. The van der Waals surface area contributed by atoms with Gasteiger partial charge in [-0.05, 0) is 69.1 Å². The lowest BCUT2D eigenvalue weighted by Crippen LogP contribution is -2.57. The van der Waals surface area contributed by atoms with E-state index in [1.54, 1.807) is 4.90 Å². The Morgan fingerprint density at radius 2 is 1.69 bits per heavy atom. The van der Waals surface area contributed by atoms with Crippen molar-refractivity contribution in [1.82, 2.24) is 10.2 Å². The Morgan fingerprint density at radius 1 is 1.12 bits per heavy atom. The number of carbonyl (C=O) groups is 2. The molecular formula is C19H29F2N3O2. The fraction of sp³-hybridized carbons (Fsp3) is 0.895. The monoisotopic (exact) mass is 369 g/mol. The van der Waals surface area contributed by atoms with Gasteiger partial charge in [0.15, 0.2) is 0 Å². The molecule has 5 nitrogen and oxygen atoms in total. The van der Waals surface area contributed by atoms with E-state index in [0.29, 0.717) is 30.7 Å². The average Bonchev–Trinajstić information content (AvgIpc) is 3.07. The number of alkyl halides is 2. The van der Waals surface area contributed by atoms with E-state index in [1.165, 1.54) is 19.3 Å². The summed E-state index contributed by atoms with van der Waals surface area (Å²) in [7, 11) is 0. The second kappa shape index (κ2) is 6.43. The molecule has 1 heterocycles. The highest BCUT2D eigenvalue weighted by Gasteiger charge is 2.56. The van der Waals surface area contributed by atoms with Crippen molar-refractivity contribution in [2.45, 2.75) is 63.3 Å². The van der Waals surface area contributed by atoms with Crippen LogP contribution in [0.15, 0.2) is 0 Å². The fourth-order valence-corrected chi connectivity index (χ4v) is 6.37. The van der Waals surface area contributed by atoms with Gasteiger partial charge in [0.25, 0.3) is 5.92 Å². The number of amides is 2. The van der Waals surface area contributed by atoms with Gasteiger partial charge in [-0.1, -0.05) is 0 Å². The minimum absolute atomic E-state index is 0.111. The molecule has 4 saturated carbocycles. The summed E-state index contributed by atoms with van der Waals surface area (Å²) in [5.41, 5.74) is 4.73. The van der Waals surface area contributed by atoms with Gasteiger partial charge in [-0.15, -0.1) is 0 Å². The molecule has 0 radical (unpaired) electrons. The third-order valence-corrected chi connectivity index (χ3v) is 7.13. The van der Waals surface area contributed by atoms with Crippen molar-refractivity contribution >= 4 is 11.8 Å². The molecule has 5 aliphatic rings. The highest BCUT2D eigenvalue weighted by molar-refractivity contribution is 5.91. The van der Waals surface area contributed by atoms with E-state index in [9.17, 15) is 18.4 Å². The molecule has 1 aliphatic heterocycles. The van der Waals surface area contributed by atoms with E-state index >= 15 is 0 Å². The molecule has 2 amide bonds. The number of hydrogen-bond donors (Lipinski definition) is 2. The molecule has 4 aliphatic carbocycles. The first-order chi connectivity index (χ1) is 12.3. The molecule has 26 heavy (non-hydrogen) atoms. The van der Waals surface area contributed by atoms with Crippen molar-refractivity contribution in [3.05, 3.63) is 0 Å². The van der Waals surface area contributed by atoms with E-state index in [1.807, 2.05) is 0 Å². The topological polar surface area (TPSA) is 75.4 Å². The molecule has 0 spiro atoms. The van der Waals surface area contributed by atoms with Crippen molar-refractivity contribution in [2.24, 2.45) is 28.9 Å². The predicted molar refractivity (Wildman–Crippen MR) is 92.4 cm³/mol. The summed E-state index contributed by atoms with van der Waals surface area (Å²) in [5.74, 6) is -1.49. The van der Waals surface area contributed by atoms with Crippen molar-refractivity contribution in [1.29, 1.82) is 0 Å². The molecule has 5 rings (SSSR count). The van der Waals surface area contributed by atoms with Crippen molar-refractivity contribution in [2.75, 3.05) is 19.6 Å². The minimum atomic E-state index is -3.11. The van der Waals surface area contributed by atoms with E-state index in [-0.39, 0.29) is 11.3 Å². The number of rotatable bonds is 5. The molecule has 0 aromatic rings. The summed E-state index contributed by atoms with van der Waals surface area (Å²) >= 11 is 0. The number of nitrogens with zero attached hydrogens (tertiary/aromatic N) is 1. The highest BCUT2D eigenvalue weighted by atomic mass is 19.3. The van der Waals surface area contributed by atoms with Crippen LogP contribution in [0.5, 0.6) is 0 Å². The summed E-state index contributed by atoms with van der Waals surface area (Å²) in [5, 5.41) is 2.31. The van der Waals surface area contributed by atoms with Crippen LogP contribution in [0, 0.1) is 23.2 Å². The largest absolute Gasteiger partial charge is 0.348 e. The van der Waals surface area contributed by atoms with Crippen molar-refractivity contribution in [3.63, 3.8) is 0 Å². The lowest BCUT2D eigenvalue weighted by Gasteiger charge is -2.56. The summed E-state index contributed by atoms with van der Waals surface area (Å²) in [4.78, 5) is 27.6. The van der Waals surface area contributed by atoms with Gasteiger partial charge >= 0.3 is 0 Å². The molecule has 1 unspecified atom stereocenters. The van der Waals surface area contributed by atoms with Crippen LogP contribution >= 0.6 is 0 Å². The molecule has 4 bridgehead atoms. The Kier molecular flexibility index (Phi) is 4.48. The summed E-state index contributed by atoms with van der Waals surface area (Å²) in [6.07, 6.45) is 7.93. The Hall–Kier alpha value is -1.24. The van der Waals surface area contributed by atoms with Crippen LogP contribution < -0.4 is 11.1 Å². The third kappa shape index (κ3) is 3.12. The Bertz CT molecular complexity index is 560. The quantitative estimate of drug-likeness (QED) is 0.777. The number of hydrogen-bond acceptors (Lipinski definition) is 3. The lowest BCUT2D eigenvalue weighted by molar-refractivity contribution is -0.160. The third-order valence-electron chi connectivity index (χ3n) is 7.13. The van der Waals surface area contributed by atoms with Crippen LogP contribution in [0.2, 0.25) is 0 Å². The van der Waals surface area contributed by atoms with Gasteiger partial charge in [0.2, 0.25) is 11.8 Å². The summed E-state index contributed by atoms with van der Waals surface area (Å²) in [6, 6.07) is -0.607. The first-order valence-corrected chi connectivity index (χ1v) is 9.98. The molecule has 5 fully saturated rings. The first-order valence-electron chi connectivity index (χ1n) is 9.98. The zero-order chi connectivity index (χ0) is 18.5. The molecule has 146 valence electrons. The zero-order valence-electron chi connectivity index (χ0n) is 15.2. The standard InChI is InChI=1S/C19H29F2N3O2/c20-19(21,10-22)11-23-16(25)15-2-1-3-24(15)17(26)18-7-12-4-13(8-18)6-14(5-12)9-18/h12-15H,1-11,22H2,(H,23,25). The number of halogens is 2. The van der Waals surface area contributed by atoms with Gasteiger partial charge in [-0.25, -0.2) is 8.78 Å². The van der Waals surface area contributed by atoms with E-state index in [0.717, 1.165) is 25.7 Å². The van der Waals surface area contributed by atoms with Gasteiger partial charge in [0.05, 0.1) is 18.5 Å². The predicted octanol–water partition coefficient (Wildman–Crippen LogP) is 1.90. The SMILES string of the molecule is NCC(F)(F)CNC(=O)C1CCCN1C(=O)C12CC3CC(CC(C3)C1)C2. The maximum absolute atomic E-state index is 13.4. The van der Waals surface area contributed by atoms with E-state index in [2.05, 4.69) is 5.32 Å². The van der Waals surface area contributed by atoms with Crippen LogP contribution in [0.3, 0.4) is 0 Å². The number of carbonyl (C=O) groups excluding carboxylic acids is 2. The van der Waals surface area contributed by atoms with E-state index in [4.69, 9.17) is 5.73 Å². The summed E-state index contributed by atoms with van der Waals surface area (Å²) < 4.78 is 26.7. The van der Waals surface area contributed by atoms with Gasteiger partial charge in [-0.3, -0.25) is 9.59 Å². The molecule has 0 aromatic carbocycles. The first kappa shape index (κ1) is 18.1.